The minimum Gasteiger partial charge on any atom is -0.396 e. The Morgan fingerprint density at radius 2 is 1.96 bits per heavy atom. The van der Waals surface area contributed by atoms with Crippen molar-refractivity contribution in [2.24, 2.45) is 7.05 Å². The van der Waals surface area contributed by atoms with Gasteiger partial charge in [-0.2, -0.15) is 5.10 Å². The van der Waals surface area contributed by atoms with E-state index in [9.17, 15) is 5.11 Å². The van der Waals surface area contributed by atoms with Gasteiger partial charge < -0.3 is 9.67 Å². The van der Waals surface area contributed by atoms with E-state index in [2.05, 4.69) is 24.6 Å². The summed E-state index contributed by atoms with van der Waals surface area (Å²) in [6.07, 6.45) is 6.28. The molecule has 0 unspecified atom stereocenters. The lowest BCUT2D eigenvalue weighted by atomic mass is 10.0. The van der Waals surface area contributed by atoms with Crippen LogP contribution >= 0.6 is 0 Å². The van der Waals surface area contributed by atoms with E-state index in [1.165, 1.54) is 5.56 Å². The Kier molecular flexibility index (Phi) is 3.75. The van der Waals surface area contributed by atoms with Crippen LogP contribution in [0.5, 0.6) is 0 Å². The highest BCUT2D eigenvalue weighted by atomic mass is 16.3. The van der Waals surface area contributed by atoms with E-state index in [0.29, 0.717) is 5.92 Å². The number of hydrogen-bond acceptors (Lipinski definition) is 5. The summed E-state index contributed by atoms with van der Waals surface area (Å²) in [5, 5.41) is 14.1. The maximum Gasteiger partial charge on any atom is 0.163 e. The summed E-state index contributed by atoms with van der Waals surface area (Å²) in [6, 6.07) is 10.1. The molecule has 2 atom stereocenters. The third-order valence-corrected chi connectivity index (χ3v) is 5.50. The molecule has 0 radical (unpaired) electrons. The fourth-order valence-corrected chi connectivity index (χ4v) is 4.25. The Hall–Kier alpha value is -3.06. The van der Waals surface area contributed by atoms with Gasteiger partial charge in [0.05, 0.1) is 19.1 Å². The summed E-state index contributed by atoms with van der Waals surface area (Å²) in [5.74, 6) is 0.431. The lowest BCUT2D eigenvalue weighted by Crippen LogP contribution is -2.09. The summed E-state index contributed by atoms with van der Waals surface area (Å²) in [5.41, 5.74) is 5.89. The Morgan fingerprint density at radius 3 is 2.78 bits per heavy atom. The molecule has 0 saturated heterocycles. The van der Waals surface area contributed by atoms with Crippen LogP contribution in [0.3, 0.4) is 0 Å². The van der Waals surface area contributed by atoms with Crippen LogP contribution in [0.4, 0.5) is 0 Å². The van der Waals surface area contributed by atoms with Gasteiger partial charge in [-0.3, -0.25) is 4.68 Å². The van der Waals surface area contributed by atoms with Crippen LogP contribution in [0.25, 0.3) is 22.4 Å². The lowest BCUT2D eigenvalue weighted by Gasteiger charge is -2.12. The van der Waals surface area contributed by atoms with Crippen molar-refractivity contribution >= 4 is 11.2 Å². The molecule has 5 rings (SSSR count). The summed E-state index contributed by atoms with van der Waals surface area (Å²) in [7, 11) is 1.94. The second-order valence-electron chi connectivity index (χ2n) is 7.08. The molecule has 3 aromatic heterocycles. The summed E-state index contributed by atoms with van der Waals surface area (Å²) in [6.45, 7) is 0.908. The second kappa shape index (κ2) is 6.28. The smallest absolute Gasteiger partial charge is 0.163 e. The Bertz CT molecular complexity index is 1100. The van der Waals surface area contributed by atoms with Gasteiger partial charge in [0.1, 0.15) is 17.5 Å². The van der Waals surface area contributed by atoms with E-state index in [-0.39, 0.29) is 12.5 Å². The van der Waals surface area contributed by atoms with Gasteiger partial charge in [-0.05, 0) is 12.0 Å². The van der Waals surface area contributed by atoms with E-state index in [1.807, 2.05) is 54.6 Å². The van der Waals surface area contributed by atoms with Gasteiger partial charge >= 0.3 is 0 Å². The first-order valence-corrected chi connectivity index (χ1v) is 9.10. The van der Waals surface area contributed by atoms with Crippen molar-refractivity contribution < 1.29 is 5.11 Å². The highest BCUT2D eigenvalue weighted by molar-refractivity contribution is 5.86. The monoisotopic (exact) mass is 360 g/mol. The number of fused-ring (bicyclic) bond motifs is 2. The predicted octanol–water partition coefficient (Wildman–Crippen LogP) is 2.49. The van der Waals surface area contributed by atoms with Crippen molar-refractivity contribution in [2.45, 2.75) is 24.8 Å². The number of aryl methyl sites for hydroxylation is 1. The Balaban J connectivity index is 1.52. The van der Waals surface area contributed by atoms with Gasteiger partial charge in [-0.25, -0.2) is 15.0 Å². The number of aliphatic hydroxyl groups is 1. The van der Waals surface area contributed by atoms with Gasteiger partial charge in [0.25, 0.3) is 0 Å². The number of rotatable bonds is 4. The van der Waals surface area contributed by atoms with Crippen molar-refractivity contribution in [2.75, 3.05) is 6.61 Å². The Morgan fingerprint density at radius 1 is 1.11 bits per heavy atom. The first kappa shape index (κ1) is 16.1. The molecule has 1 aliphatic carbocycles. The topological polar surface area (TPSA) is 81.6 Å². The van der Waals surface area contributed by atoms with E-state index in [1.54, 1.807) is 6.33 Å². The number of imidazole rings is 1. The molecule has 136 valence electrons. The van der Waals surface area contributed by atoms with Gasteiger partial charge in [-0.15, -0.1) is 0 Å². The maximum atomic E-state index is 9.75. The molecule has 1 aromatic carbocycles. The average Bonchev–Trinajstić information content (AvgIpc) is 3.39. The zero-order valence-electron chi connectivity index (χ0n) is 15.0. The zero-order chi connectivity index (χ0) is 18.4. The number of aromatic nitrogens is 6. The van der Waals surface area contributed by atoms with Crippen LogP contribution in [0.2, 0.25) is 0 Å². The van der Waals surface area contributed by atoms with E-state index in [4.69, 9.17) is 0 Å². The first-order valence-electron chi connectivity index (χ1n) is 9.10. The molecule has 7 nitrogen and oxygen atoms in total. The molecule has 0 saturated carbocycles. The second-order valence-corrected chi connectivity index (χ2v) is 7.08. The standard InChI is InChI=1S/C20H20N6O/c1-25-19-15(10-27)7-14(16(19)8-24-25)9-26-12-23-18-17(21-11-22-20(18)26)13-5-3-2-4-6-13/h2-6,8,11-12,14-15,27H,7,9-10H2,1H3/t14-,15+/m0/s1. The number of aliphatic hydroxyl groups excluding tert-OH is 1. The van der Waals surface area contributed by atoms with Crippen molar-refractivity contribution in [3.63, 3.8) is 0 Å². The fourth-order valence-electron chi connectivity index (χ4n) is 4.25. The molecule has 0 fully saturated rings. The lowest BCUT2D eigenvalue weighted by molar-refractivity contribution is 0.255. The van der Waals surface area contributed by atoms with Crippen LogP contribution < -0.4 is 0 Å². The van der Waals surface area contributed by atoms with Crippen LogP contribution in [-0.4, -0.2) is 41.0 Å². The average molecular weight is 360 g/mol. The summed E-state index contributed by atoms with van der Waals surface area (Å²) < 4.78 is 3.97. The van der Waals surface area contributed by atoms with Crippen molar-refractivity contribution in [3.8, 4) is 11.3 Å². The molecular weight excluding hydrogens is 340 g/mol. The fraction of sp³-hybridized carbons (Fsp3) is 0.300. The van der Waals surface area contributed by atoms with Gasteiger partial charge in [0.2, 0.25) is 0 Å². The molecule has 0 amide bonds. The van der Waals surface area contributed by atoms with E-state index < -0.39 is 0 Å². The number of hydrogen-bond donors (Lipinski definition) is 1. The molecular formula is C20H20N6O. The largest absolute Gasteiger partial charge is 0.396 e. The van der Waals surface area contributed by atoms with E-state index >= 15 is 0 Å². The molecule has 27 heavy (non-hydrogen) atoms. The van der Waals surface area contributed by atoms with Crippen LogP contribution in [0.15, 0.2) is 49.2 Å². The highest BCUT2D eigenvalue weighted by Crippen LogP contribution is 2.42. The quantitative estimate of drug-likeness (QED) is 0.605. The molecule has 0 bridgehead atoms. The molecule has 3 heterocycles. The minimum atomic E-state index is 0.141. The third-order valence-electron chi connectivity index (χ3n) is 5.50. The third kappa shape index (κ3) is 2.54. The normalized spacial score (nSPS) is 18.9. The molecule has 1 N–H and O–H groups in total. The van der Waals surface area contributed by atoms with Crippen molar-refractivity contribution in [3.05, 3.63) is 60.4 Å². The van der Waals surface area contributed by atoms with Crippen LogP contribution in [0, 0.1) is 0 Å². The van der Waals surface area contributed by atoms with Crippen LogP contribution in [-0.2, 0) is 13.6 Å². The van der Waals surface area contributed by atoms with E-state index in [0.717, 1.165) is 41.1 Å². The van der Waals surface area contributed by atoms with Crippen molar-refractivity contribution in [1.82, 2.24) is 29.3 Å². The summed E-state index contributed by atoms with van der Waals surface area (Å²) in [4.78, 5) is 13.5. The molecule has 7 heteroatoms. The van der Waals surface area contributed by atoms with Crippen LogP contribution in [0.1, 0.15) is 29.5 Å². The predicted molar refractivity (Wildman–Crippen MR) is 101 cm³/mol. The number of benzene rings is 1. The molecule has 0 aliphatic heterocycles. The summed E-state index contributed by atoms with van der Waals surface area (Å²) >= 11 is 0. The molecule has 0 spiro atoms. The number of nitrogens with zero attached hydrogens (tertiary/aromatic N) is 6. The molecule has 1 aliphatic rings. The first-order chi connectivity index (χ1) is 13.3. The van der Waals surface area contributed by atoms with Gasteiger partial charge in [-0.1, -0.05) is 30.3 Å². The zero-order valence-corrected chi connectivity index (χ0v) is 15.0. The van der Waals surface area contributed by atoms with Crippen molar-refractivity contribution in [1.29, 1.82) is 0 Å². The van der Waals surface area contributed by atoms with Gasteiger partial charge in [0, 0.05) is 36.7 Å². The SMILES string of the molecule is Cn1ncc2c1[C@@H](CO)C[C@H]2Cn1cnc2c(-c3ccccc3)ncnc21. The highest BCUT2D eigenvalue weighted by Gasteiger charge is 2.34. The minimum absolute atomic E-state index is 0.141. The molecule has 4 aromatic rings. The Labute approximate surface area is 156 Å². The van der Waals surface area contributed by atoms with Gasteiger partial charge in [0.15, 0.2) is 5.65 Å². The maximum absolute atomic E-state index is 9.75.